The van der Waals surface area contributed by atoms with E-state index in [9.17, 15) is 14.4 Å². The van der Waals surface area contributed by atoms with Gasteiger partial charge in [0.1, 0.15) is 6.61 Å². The molecule has 4 rings (SSSR count). The Kier molecular flexibility index (Phi) is 6.11. The molecule has 2 aromatic carbocycles. The first-order valence-corrected chi connectivity index (χ1v) is 11.4. The first kappa shape index (κ1) is 24.0. The van der Waals surface area contributed by atoms with Gasteiger partial charge in [-0.05, 0) is 40.3 Å². The van der Waals surface area contributed by atoms with Crippen LogP contribution in [0, 0.1) is 0 Å². The molecule has 7 nitrogen and oxygen atoms in total. The minimum absolute atomic E-state index is 0.0404. The van der Waals surface area contributed by atoms with E-state index >= 15 is 0 Å². The van der Waals surface area contributed by atoms with Crippen molar-refractivity contribution >= 4 is 29.5 Å². The number of ether oxygens (including phenoxy) is 1. The molecule has 2 N–H and O–H groups in total. The normalized spacial score (nSPS) is 13.0. The molecule has 0 saturated heterocycles. The number of aromatic nitrogens is 1. The Bertz CT molecular complexity index is 1410. The van der Waals surface area contributed by atoms with E-state index in [2.05, 4.69) is 33.4 Å². The summed E-state index contributed by atoms with van der Waals surface area (Å²) in [6.07, 6.45) is 3.00. The summed E-state index contributed by atoms with van der Waals surface area (Å²) in [6.45, 7) is 11.8. The Morgan fingerprint density at radius 1 is 1.14 bits per heavy atom. The van der Waals surface area contributed by atoms with Crippen LogP contribution < -0.4 is 16.2 Å². The summed E-state index contributed by atoms with van der Waals surface area (Å²) in [5, 5.41) is 0. The van der Waals surface area contributed by atoms with Crippen molar-refractivity contribution in [2.75, 3.05) is 10.6 Å². The Labute approximate surface area is 204 Å². The number of pyridine rings is 1. The largest absolute Gasteiger partial charge is 0.461 e. The maximum Gasteiger partial charge on any atom is 0.302 e. The van der Waals surface area contributed by atoms with Crippen LogP contribution in [0.3, 0.4) is 0 Å². The molecule has 1 aliphatic heterocycles. The zero-order valence-electron chi connectivity index (χ0n) is 20.4. The van der Waals surface area contributed by atoms with Gasteiger partial charge < -0.3 is 15.4 Å². The van der Waals surface area contributed by atoms with Gasteiger partial charge in [-0.2, -0.15) is 0 Å². The van der Waals surface area contributed by atoms with Crippen molar-refractivity contribution in [3.63, 3.8) is 0 Å². The highest BCUT2D eigenvalue weighted by Gasteiger charge is 2.32. The fourth-order valence-electron chi connectivity index (χ4n) is 4.31. The van der Waals surface area contributed by atoms with Crippen LogP contribution in [0.2, 0.25) is 0 Å². The van der Waals surface area contributed by atoms with Gasteiger partial charge in [-0.1, -0.05) is 51.6 Å². The van der Waals surface area contributed by atoms with E-state index < -0.39 is 5.97 Å². The second-order valence-electron chi connectivity index (χ2n) is 9.68. The van der Waals surface area contributed by atoms with Gasteiger partial charge in [0.15, 0.2) is 0 Å². The number of carbonyl (C=O) groups excluding carboxylic acids is 2. The predicted octanol–water partition coefficient (Wildman–Crippen LogP) is 4.72. The fraction of sp³-hybridized carbons (Fsp3) is 0.250. The molecule has 1 aliphatic rings. The number of fused-ring (bicyclic) bond motifs is 1. The monoisotopic (exact) mass is 471 g/mol. The summed E-state index contributed by atoms with van der Waals surface area (Å²) >= 11 is 0. The lowest BCUT2D eigenvalue weighted by atomic mass is 9.85. The van der Waals surface area contributed by atoms with E-state index in [0.717, 1.165) is 11.1 Å². The lowest BCUT2D eigenvalue weighted by Gasteiger charge is -2.22. The molecule has 0 aliphatic carbocycles. The number of benzene rings is 2. The smallest absolute Gasteiger partial charge is 0.302 e. The highest BCUT2D eigenvalue weighted by Crippen LogP contribution is 2.37. The maximum absolute atomic E-state index is 13.4. The van der Waals surface area contributed by atoms with Crippen LogP contribution in [0.15, 0.2) is 60.0 Å². The van der Waals surface area contributed by atoms with Crippen LogP contribution >= 0.6 is 0 Å². The van der Waals surface area contributed by atoms with Crippen molar-refractivity contribution in [3.05, 3.63) is 87.8 Å². The number of hydrogen-bond donors (Lipinski definition) is 1. The molecule has 7 heteroatoms. The Hall–Kier alpha value is -4.13. The van der Waals surface area contributed by atoms with Crippen molar-refractivity contribution in [2.24, 2.45) is 0 Å². The summed E-state index contributed by atoms with van der Waals surface area (Å²) in [5.41, 5.74) is 11.0. The number of amides is 1. The van der Waals surface area contributed by atoms with Crippen LogP contribution in [0.5, 0.6) is 0 Å². The molecule has 0 spiro atoms. The van der Waals surface area contributed by atoms with E-state index in [0.29, 0.717) is 34.5 Å². The van der Waals surface area contributed by atoms with Crippen molar-refractivity contribution < 1.29 is 14.3 Å². The van der Waals surface area contributed by atoms with Gasteiger partial charge in [-0.3, -0.25) is 19.0 Å². The molecule has 0 fully saturated rings. The second-order valence-corrected chi connectivity index (χ2v) is 9.68. The highest BCUT2D eigenvalue weighted by atomic mass is 16.5. The summed E-state index contributed by atoms with van der Waals surface area (Å²) in [4.78, 5) is 39.1. The highest BCUT2D eigenvalue weighted by molar-refractivity contribution is 6.10. The van der Waals surface area contributed by atoms with Crippen molar-refractivity contribution in [2.45, 2.75) is 46.3 Å². The van der Waals surface area contributed by atoms with Crippen molar-refractivity contribution in [3.8, 4) is 11.1 Å². The summed E-state index contributed by atoms with van der Waals surface area (Å²) in [5.74, 6) is -0.551. The van der Waals surface area contributed by atoms with Crippen LogP contribution in [-0.2, 0) is 28.1 Å². The Morgan fingerprint density at radius 2 is 1.89 bits per heavy atom. The lowest BCUT2D eigenvalue weighted by molar-refractivity contribution is -0.142. The number of nitrogen functional groups attached to an aromatic ring is 1. The molecular weight excluding hydrogens is 442 g/mol. The molecule has 0 bridgehead atoms. The van der Waals surface area contributed by atoms with Crippen LogP contribution in [0.25, 0.3) is 17.3 Å². The number of nitrogens with two attached hydrogens (primary N) is 1. The molecule has 3 aromatic rings. The third-order valence-corrected chi connectivity index (χ3v) is 6.22. The van der Waals surface area contributed by atoms with Gasteiger partial charge in [0.2, 0.25) is 0 Å². The molecular formula is C28H29N3O4. The fourth-order valence-corrected chi connectivity index (χ4v) is 4.31. The lowest BCUT2D eigenvalue weighted by Crippen LogP contribution is -2.25. The summed E-state index contributed by atoms with van der Waals surface area (Å²) < 4.78 is 6.68. The molecule has 1 aromatic heterocycles. The minimum atomic E-state index is -0.438. The quantitative estimate of drug-likeness (QED) is 0.544. The first-order chi connectivity index (χ1) is 16.5. The van der Waals surface area contributed by atoms with Crippen LogP contribution in [0.4, 0.5) is 11.4 Å². The number of rotatable bonds is 5. The SMILES string of the molecule is C=Cn1cc(-c2cccc(N3Cc4cc(C(C)(C)C)ccc4C3=O)c2COC(C)=O)cc(N)c1=O. The zero-order chi connectivity index (χ0) is 25.5. The first-order valence-electron chi connectivity index (χ1n) is 11.4. The van der Waals surface area contributed by atoms with Gasteiger partial charge in [0.05, 0.1) is 17.9 Å². The van der Waals surface area contributed by atoms with Gasteiger partial charge in [-0.25, -0.2) is 0 Å². The van der Waals surface area contributed by atoms with Gasteiger partial charge in [0.25, 0.3) is 11.5 Å². The Morgan fingerprint density at radius 3 is 2.54 bits per heavy atom. The topological polar surface area (TPSA) is 94.6 Å². The van der Waals surface area contributed by atoms with Crippen LogP contribution in [-0.4, -0.2) is 16.4 Å². The zero-order valence-corrected chi connectivity index (χ0v) is 20.4. The minimum Gasteiger partial charge on any atom is -0.461 e. The Balaban J connectivity index is 1.85. The number of carbonyl (C=O) groups is 2. The van der Waals surface area contributed by atoms with Crippen molar-refractivity contribution in [1.29, 1.82) is 0 Å². The number of esters is 1. The van der Waals surface area contributed by atoms with Gasteiger partial charge >= 0.3 is 5.97 Å². The van der Waals surface area contributed by atoms with Gasteiger partial charge in [-0.15, -0.1) is 0 Å². The average Bonchev–Trinajstić information content (AvgIpc) is 3.14. The number of hydrogen-bond acceptors (Lipinski definition) is 5. The summed E-state index contributed by atoms with van der Waals surface area (Å²) in [6, 6.07) is 13.1. The molecule has 180 valence electrons. The molecule has 2 heterocycles. The molecule has 1 amide bonds. The van der Waals surface area contributed by atoms with E-state index in [-0.39, 0.29) is 29.2 Å². The molecule has 0 atom stereocenters. The van der Waals surface area contributed by atoms with E-state index in [1.807, 2.05) is 30.3 Å². The molecule has 0 saturated carbocycles. The predicted molar refractivity (Wildman–Crippen MR) is 138 cm³/mol. The third-order valence-electron chi connectivity index (χ3n) is 6.22. The summed E-state index contributed by atoms with van der Waals surface area (Å²) in [7, 11) is 0. The maximum atomic E-state index is 13.4. The number of anilines is 2. The van der Waals surface area contributed by atoms with E-state index in [1.54, 1.807) is 17.2 Å². The van der Waals surface area contributed by atoms with E-state index in [4.69, 9.17) is 10.5 Å². The number of nitrogens with zero attached hydrogens (tertiary/aromatic N) is 2. The third kappa shape index (κ3) is 4.49. The molecule has 0 unspecified atom stereocenters. The standard InChI is InChI=1S/C28H29N3O4/c1-6-30-14-19(13-24(29)27(30)34)21-8-7-9-25(23(21)16-35-17(2)32)31-15-18-12-20(28(3,4)5)10-11-22(18)26(31)33/h6-14H,1,15-16,29H2,2-5H3. The van der Waals surface area contributed by atoms with Gasteiger partial charge in [0, 0.05) is 36.0 Å². The average molecular weight is 472 g/mol. The van der Waals surface area contributed by atoms with E-state index in [1.165, 1.54) is 17.7 Å². The van der Waals surface area contributed by atoms with Crippen LogP contribution in [0.1, 0.15) is 54.7 Å². The second kappa shape index (κ2) is 8.91. The van der Waals surface area contributed by atoms with Crippen molar-refractivity contribution in [1.82, 2.24) is 4.57 Å². The molecule has 0 radical (unpaired) electrons. The molecule has 35 heavy (non-hydrogen) atoms.